The van der Waals surface area contributed by atoms with Gasteiger partial charge in [0.15, 0.2) is 0 Å². The molecule has 1 aliphatic rings. The maximum Gasteiger partial charge on any atom is 0.275 e. The molecule has 0 atom stereocenters. The Labute approximate surface area is 80.6 Å². The largest absolute Gasteiger partial charge is 0.275 e. The van der Waals surface area contributed by atoms with Crippen molar-refractivity contribution in [3.8, 4) is 0 Å². The molecule has 2 rings (SSSR count). The predicted octanol–water partition coefficient (Wildman–Crippen LogP) is 0.231. The smallest absolute Gasteiger partial charge is 0.267 e. The fourth-order valence-corrected chi connectivity index (χ4v) is 1.20. The van der Waals surface area contributed by atoms with Crippen molar-refractivity contribution in [1.82, 2.24) is 10.9 Å². The lowest BCUT2D eigenvalue weighted by atomic mass is 10.1. The van der Waals surface area contributed by atoms with Crippen LogP contribution in [0.15, 0.2) is 35.9 Å². The summed E-state index contributed by atoms with van der Waals surface area (Å²) in [6, 6.07) is 9.21. The van der Waals surface area contributed by atoms with Crippen molar-refractivity contribution >= 4 is 17.9 Å². The Morgan fingerprint density at radius 1 is 0.929 bits per heavy atom. The Morgan fingerprint density at radius 3 is 2.07 bits per heavy atom. The lowest BCUT2D eigenvalue weighted by Crippen LogP contribution is -2.28. The van der Waals surface area contributed by atoms with Gasteiger partial charge in [-0.15, -0.1) is 0 Å². The molecule has 2 amide bonds. The number of carbonyl (C=O) groups is 2. The van der Waals surface area contributed by atoms with E-state index in [1.54, 1.807) is 6.08 Å². The first kappa shape index (κ1) is 8.50. The number of carbonyl (C=O) groups excluding carboxylic acids is 2. The molecule has 4 heteroatoms. The van der Waals surface area contributed by atoms with Crippen molar-refractivity contribution in [2.45, 2.75) is 0 Å². The molecule has 1 saturated heterocycles. The highest BCUT2D eigenvalue weighted by molar-refractivity contribution is 6.25. The van der Waals surface area contributed by atoms with Crippen LogP contribution in [0, 0.1) is 0 Å². The van der Waals surface area contributed by atoms with Gasteiger partial charge in [0, 0.05) is 0 Å². The van der Waals surface area contributed by atoms with E-state index >= 15 is 0 Å². The average molecular weight is 188 g/mol. The van der Waals surface area contributed by atoms with Gasteiger partial charge in [-0.1, -0.05) is 30.3 Å². The molecule has 4 nitrogen and oxygen atoms in total. The number of hydrazine groups is 1. The van der Waals surface area contributed by atoms with Crippen LogP contribution in [0.3, 0.4) is 0 Å². The van der Waals surface area contributed by atoms with Crippen LogP contribution in [0.25, 0.3) is 6.08 Å². The molecule has 2 N–H and O–H groups in total. The number of nitrogens with one attached hydrogen (secondary N) is 2. The standard InChI is InChI=1S/C10H8N2O2/c13-9-8(10(14)12-11-9)6-7-4-2-1-3-5-7/h1-6H,(H,11,13)(H,12,14). The van der Waals surface area contributed by atoms with E-state index in [1.807, 2.05) is 30.3 Å². The van der Waals surface area contributed by atoms with Crippen molar-refractivity contribution < 1.29 is 9.59 Å². The maximum atomic E-state index is 11.1. The van der Waals surface area contributed by atoms with E-state index in [9.17, 15) is 9.59 Å². The van der Waals surface area contributed by atoms with E-state index in [4.69, 9.17) is 0 Å². The second-order valence-electron chi connectivity index (χ2n) is 2.88. The molecule has 0 radical (unpaired) electrons. The first-order chi connectivity index (χ1) is 6.77. The number of hydrogen-bond donors (Lipinski definition) is 2. The molecule has 1 aromatic rings. The molecule has 1 fully saturated rings. The summed E-state index contributed by atoms with van der Waals surface area (Å²) in [6.45, 7) is 0. The van der Waals surface area contributed by atoms with Gasteiger partial charge in [-0.05, 0) is 11.6 Å². The summed E-state index contributed by atoms with van der Waals surface area (Å²) in [6.07, 6.45) is 1.55. The molecule has 1 heterocycles. The Hall–Kier alpha value is -2.10. The van der Waals surface area contributed by atoms with Crippen LogP contribution in [0.4, 0.5) is 0 Å². The van der Waals surface area contributed by atoms with E-state index in [1.165, 1.54) is 0 Å². The van der Waals surface area contributed by atoms with Crippen LogP contribution in [-0.4, -0.2) is 11.8 Å². The fraction of sp³-hybridized carbons (Fsp3) is 0. The molecule has 0 aromatic heterocycles. The highest BCUT2D eigenvalue weighted by Crippen LogP contribution is 2.08. The predicted molar refractivity (Wildman–Crippen MR) is 50.7 cm³/mol. The van der Waals surface area contributed by atoms with Crippen LogP contribution < -0.4 is 10.9 Å². The minimum atomic E-state index is -0.390. The quantitative estimate of drug-likeness (QED) is 0.489. The van der Waals surface area contributed by atoms with Crippen LogP contribution in [0.2, 0.25) is 0 Å². The third kappa shape index (κ3) is 1.50. The summed E-state index contributed by atoms with van der Waals surface area (Å²) in [5.41, 5.74) is 5.43. The third-order valence-corrected chi connectivity index (χ3v) is 1.89. The molecule has 0 bridgehead atoms. The third-order valence-electron chi connectivity index (χ3n) is 1.89. The molecule has 1 aliphatic heterocycles. The van der Waals surface area contributed by atoms with E-state index in [2.05, 4.69) is 10.9 Å². The monoisotopic (exact) mass is 188 g/mol. The molecular weight excluding hydrogens is 180 g/mol. The van der Waals surface area contributed by atoms with E-state index in [0.717, 1.165) is 5.56 Å². The summed E-state index contributed by atoms with van der Waals surface area (Å²) in [5, 5.41) is 0. The van der Waals surface area contributed by atoms with E-state index < -0.39 is 0 Å². The summed E-state index contributed by atoms with van der Waals surface area (Å²) in [4.78, 5) is 22.3. The summed E-state index contributed by atoms with van der Waals surface area (Å²) < 4.78 is 0. The zero-order chi connectivity index (χ0) is 9.97. The molecule has 0 unspecified atom stereocenters. The van der Waals surface area contributed by atoms with Gasteiger partial charge in [0.05, 0.1) is 0 Å². The second-order valence-corrected chi connectivity index (χ2v) is 2.88. The van der Waals surface area contributed by atoms with Gasteiger partial charge in [0.2, 0.25) is 0 Å². The van der Waals surface area contributed by atoms with Gasteiger partial charge >= 0.3 is 0 Å². The van der Waals surface area contributed by atoms with Crippen LogP contribution in [0.5, 0.6) is 0 Å². The van der Waals surface area contributed by atoms with Crippen LogP contribution in [0.1, 0.15) is 5.56 Å². The SMILES string of the molecule is O=C1NNC(=O)C1=Cc1ccccc1. The molecule has 14 heavy (non-hydrogen) atoms. The van der Waals surface area contributed by atoms with Gasteiger partial charge in [-0.25, -0.2) is 0 Å². The highest BCUT2D eigenvalue weighted by atomic mass is 16.2. The average Bonchev–Trinajstić information content (AvgIpc) is 2.51. The zero-order valence-electron chi connectivity index (χ0n) is 7.28. The van der Waals surface area contributed by atoms with Crippen LogP contribution in [-0.2, 0) is 9.59 Å². The number of rotatable bonds is 1. The summed E-state index contributed by atoms with van der Waals surface area (Å²) >= 11 is 0. The second kappa shape index (κ2) is 3.33. The normalized spacial score (nSPS) is 15.0. The van der Waals surface area contributed by atoms with Crippen molar-refractivity contribution in [3.63, 3.8) is 0 Å². The Bertz CT molecular complexity index is 391. The molecule has 1 aromatic carbocycles. The summed E-state index contributed by atoms with van der Waals surface area (Å²) in [5.74, 6) is -0.780. The molecule has 0 saturated carbocycles. The molecule has 70 valence electrons. The topological polar surface area (TPSA) is 58.2 Å². The van der Waals surface area contributed by atoms with Gasteiger partial charge < -0.3 is 0 Å². The zero-order valence-corrected chi connectivity index (χ0v) is 7.28. The first-order valence-electron chi connectivity index (χ1n) is 4.15. The fourth-order valence-electron chi connectivity index (χ4n) is 1.20. The van der Waals surface area contributed by atoms with Gasteiger partial charge in [-0.2, -0.15) is 0 Å². The highest BCUT2D eigenvalue weighted by Gasteiger charge is 2.24. The minimum absolute atomic E-state index is 0.135. The number of benzene rings is 1. The van der Waals surface area contributed by atoms with Gasteiger partial charge in [0.1, 0.15) is 5.57 Å². The van der Waals surface area contributed by atoms with E-state index in [-0.39, 0.29) is 17.4 Å². The molecule has 0 aliphatic carbocycles. The Balaban J connectivity index is 2.35. The van der Waals surface area contributed by atoms with Crippen molar-refractivity contribution in [1.29, 1.82) is 0 Å². The van der Waals surface area contributed by atoms with Crippen molar-refractivity contribution in [2.75, 3.05) is 0 Å². The lowest BCUT2D eigenvalue weighted by Gasteiger charge is -1.92. The van der Waals surface area contributed by atoms with Gasteiger partial charge in [-0.3, -0.25) is 20.4 Å². The number of hydrogen-bond acceptors (Lipinski definition) is 2. The summed E-state index contributed by atoms with van der Waals surface area (Å²) in [7, 11) is 0. The van der Waals surface area contributed by atoms with Crippen molar-refractivity contribution in [3.05, 3.63) is 41.5 Å². The Morgan fingerprint density at radius 2 is 1.50 bits per heavy atom. The Kier molecular flexibility index (Phi) is 2.02. The van der Waals surface area contributed by atoms with Gasteiger partial charge in [0.25, 0.3) is 11.8 Å². The van der Waals surface area contributed by atoms with Crippen molar-refractivity contribution in [2.24, 2.45) is 0 Å². The maximum absolute atomic E-state index is 11.1. The minimum Gasteiger partial charge on any atom is -0.267 e. The first-order valence-corrected chi connectivity index (χ1v) is 4.15. The molecule has 0 spiro atoms. The molecular formula is C10H8N2O2. The lowest BCUT2D eigenvalue weighted by molar-refractivity contribution is -0.117. The van der Waals surface area contributed by atoms with Crippen LogP contribution >= 0.6 is 0 Å². The number of amides is 2. The van der Waals surface area contributed by atoms with E-state index in [0.29, 0.717) is 0 Å².